The standard InChI is InChI=1S/C20H29N3O2/c1-14-12-18(10-11-21-14)23-20(25)16-8-5-9-17(13-16)22-19(24)15-6-3-2-4-7-15/h5,8-9,13-15,18,21H,2-4,6-7,10-12H2,1H3,(H,22,24)(H,23,25). The minimum absolute atomic E-state index is 0.0622. The van der Waals surface area contributed by atoms with Crippen LogP contribution in [0.4, 0.5) is 5.69 Å². The van der Waals surface area contributed by atoms with Crippen LogP contribution in [0.15, 0.2) is 24.3 Å². The van der Waals surface area contributed by atoms with Gasteiger partial charge in [0.15, 0.2) is 0 Å². The molecule has 1 saturated heterocycles. The number of rotatable bonds is 4. The van der Waals surface area contributed by atoms with Crippen molar-refractivity contribution in [2.45, 2.75) is 64.0 Å². The highest BCUT2D eigenvalue weighted by molar-refractivity contribution is 5.97. The van der Waals surface area contributed by atoms with Crippen molar-refractivity contribution in [3.05, 3.63) is 29.8 Å². The van der Waals surface area contributed by atoms with E-state index in [1.807, 2.05) is 12.1 Å². The van der Waals surface area contributed by atoms with Crippen LogP contribution < -0.4 is 16.0 Å². The van der Waals surface area contributed by atoms with Crippen LogP contribution in [-0.4, -0.2) is 30.4 Å². The van der Waals surface area contributed by atoms with Crippen LogP contribution >= 0.6 is 0 Å². The van der Waals surface area contributed by atoms with E-state index < -0.39 is 0 Å². The number of hydrogen-bond acceptors (Lipinski definition) is 3. The zero-order chi connectivity index (χ0) is 17.6. The SMILES string of the molecule is CC1CC(NC(=O)c2cccc(NC(=O)C3CCCCC3)c2)CCN1. The fourth-order valence-electron chi connectivity index (χ4n) is 3.88. The van der Waals surface area contributed by atoms with Gasteiger partial charge in [0.2, 0.25) is 5.91 Å². The molecule has 0 bridgehead atoms. The number of amides is 2. The Morgan fingerprint density at radius 2 is 1.92 bits per heavy atom. The molecule has 2 unspecified atom stereocenters. The highest BCUT2D eigenvalue weighted by Crippen LogP contribution is 2.25. The summed E-state index contributed by atoms with van der Waals surface area (Å²) in [6.45, 7) is 3.07. The summed E-state index contributed by atoms with van der Waals surface area (Å²) in [6.07, 6.45) is 7.34. The Labute approximate surface area is 150 Å². The molecule has 1 aromatic rings. The van der Waals surface area contributed by atoms with Gasteiger partial charge in [0.1, 0.15) is 0 Å². The Bertz CT molecular complexity index is 611. The molecule has 5 nitrogen and oxygen atoms in total. The number of anilines is 1. The summed E-state index contributed by atoms with van der Waals surface area (Å²) in [5, 5.41) is 9.49. The molecule has 0 spiro atoms. The molecule has 5 heteroatoms. The van der Waals surface area contributed by atoms with Gasteiger partial charge in [-0.3, -0.25) is 9.59 Å². The van der Waals surface area contributed by atoms with Crippen molar-refractivity contribution in [2.75, 3.05) is 11.9 Å². The van der Waals surface area contributed by atoms with Crippen molar-refractivity contribution in [3.63, 3.8) is 0 Å². The number of carbonyl (C=O) groups is 2. The average molecular weight is 343 g/mol. The van der Waals surface area contributed by atoms with Crippen molar-refractivity contribution in [3.8, 4) is 0 Å². The van der Waals surface area contributed by atoms with Crippen LogP contribution in [0, 0.1) is 5.92 Å². The van der Waals surface area contributed by atoms with Crippen molar-refractivity contribution in [2.24, 2.45) is 5.92 Å². The molecule has 2 amide bonds. The zero-order valence-corrected chi connectivity index (χ0v) is 15.0. The number of carbonyl (C=O) groups excluding carboxylic acids is 2. The summed E-state index contributed by atoms with van der Waals surface area (Å²) in [6, 6.07) is 7.90. The second-order valence-corrected chi connectivity index (χ2v) is 7.45. The van der Waals surface area contributed by atoms with Crippen LogP contribution in [0.3, 0.4) is 0 Å². The van der Waals surface area contributed by atoms with Crippen LogP contribution in [0.5, 0.6) is 0 Å². The maximum absolute atomic E-state index is 12.5. The van der Waals surface area contributed by atoms with Gasteiger partial charge in [0.25, 0.3) is 5.91 Å². The van der Waals surface area contributed by atoms with Crippen LogP contribution in [-0.2, 0) is 4.79 Å². The van der Waals surface area contributed by atoms with Crippen LogP contribution in [0.2, 0.25) is 0 Å². The summed E-state index contributed by atoms with van der Waals surface area (Å²) >= 11 is 0. The van der Waals surface area contributed by atoms with Gasteiger partial charge in [-0.1, -0.05) is 25.3 Å². The first-order chi connectivity index (χ1) is 12.1. The van der Waals surface area contributed by atoms with Gasteiger partial charge in [0, 0.05) is 29.3 Å². The Hall–Kier alpha value is -1.88. The summed E-state index contributed by atoms with van der Waals surface area (Å²) in [7, 11) is 0. The van der Waals surface area contributed by atoms with Crippen molar-refractivity contribution in [1.29, 1.82) is 0 Å². The monoisotopic (exact) mass is 343 g/mol. The van der Waals surface area contributed by atoms with Gasteiger partial charge < -0.3 is 16.0 Å². The van der Waals surface area contributed by atoms with Gasteiger partial charge >= 0.3 is 0 Å². The normalized spacial score (nSPS) is 24.5. The molecule has 2 fully saturated rings. The number of benzene rings is 1. The fourth-order valence-corrected chi connectivity index (χ4v) is 3.88. The van der Waals surface area contributed by atoms with Gasteiger partial charge in [0.05, 0.1) is 0 Å². The highest BCUT2D eigenvalue weighted by atomic mass is 16.2. The maximum atomic E-state index is 12.5. The summed E-state index contributed by atoms with van der Waals surface area (Å²) in [5.74, 6) is 0.139. The van der Waals surface area contributed by atoms with Gasteiger partial charge in [-0.2, -0.15) is 0 Å². The molecule has 3 N–H and O–H groups in total. The first-order valence-corrected chi connectivity index (χ1v) is 9.57. The van der Waals surface area contributed by atoms with E-state index >= 15 is 0 Å². The molecule has 25 heavy (non-hydrogen) atoms. The average Bonchev–Trinajstić information content (AvgIpc) is 2.62. The second kappa shape index (κ2) is 8.48. The Kier molecular flexibility index (Phi) is 6.08. The molecular formula is C20H29N3O2. The minimum atomic E-state index is -0.0622. The molecule has 0 radical (unpaired) electrons. The van der Waals surface area contributed by atoms with Crippen LogP contribution in [0.25, 0.3) is 0 Å². The largest absolute Gasteiger partial charge is 0.349 e. The lowest BCUT2D eigenvalue weighted by Gasteiger charge is -2.28. The second-order valence-electron chi connectivity index (χ2n) is 7.45. The molecule has 2 atom stereocenters. The van der Waals surface area contributed by atoms with E-state index in [1.165, 1.54) is 6.42 Å². The first kappa shape index (κ1) is 17.9. The molecule has 1 heterocycles. The van der Waals surface area contributed by atoms with E-state index in [-0.39, 0.29) is 23.8 Å². The van der Waals surface area contributed by atoms with Crippen molar-refractivity contribution >= 4 is 17.5 Å². The third-order valence-corrected chi connectivity index (χ3v) is 5.33. The third kappa shape index (κ3) is 5.05. The van der Waals surface area contributed by atoms with Crippen molar-refractivity contribution in [1.82, 2.24) is 10.6 Å². The highest BCUT2D eigenvalue weighted by Gasteiger charge is 2.22. The summed E-state index contributed by atoms with van der Waals surface area (Å²) in [4.78, 5) is 24.9. The van der Waals surface area contributed by atoms with E-state index in [0.717, 1.165) is 45.1 Å². The molecule has 1 aliphatic carbocycles. The molecule has 3 rings (SSSR count). The number of nitrogens with one attached hydrogen (secondary N) is 3. The predicted molar refractivity (Wildman–Crippen MR) is 99.6 cm³/mol. The van der Waals surface area contributed by atoms with Gasteiger partial charge in [-0.05, 0) is 57.4 Å². The van der Waals surface area contributed by atoms with Crippen LogP contribution in [0.1, 0.15) is 62.2 Å². The zero-order valence-electron chi connectivity index (χ0n) is 15.0. The lowest BCUT2D eigenvalue weighted by molar-refractivity contribution is -0.120. The fraction of sp³-hybridized carbons (Fsp3) is 0.600. The van der Waals surface area contributed by atoms with Crippen molar-refractivity contribution < 1.29 is 9.59 Å². The molecule has 1 aliphatic heterocycles. The molecular weight excluding hydrogens is 314 g/mol. The quantitative estimate of drug-likeness (QED) is 0.787. The summed E-state index contributed by atoms with van der Waals surface area (Å²) < 4.78 is 0. The Morgan fingerprint density at radius 3 is 2.68 bits per heavy atom. The molecule has 1 aromatic carbocycles. The molecule has 1 saturated carbocycles. The van der Waals surface area contributed by atoms with E-state index in [4.69, 9.17) is 0 Å². The number of hydrogen-bond donors (Lipinski definition) is 3. The molecule has 2 aliphatic rings. The van der Waals surface area contributed by atoms with Gasteiger partial charge in [-0.25, -0.2) is 0 Å². The van der Waals surface area contributed by atoms with Gasteiger partial charge in [-0.15, -0.1) is 0 Å². The lowest BCUT2D eigenvalue weighted by Crippen LogP contribution is -2.46. The van der Waals surface area contributed by atoms with E-state index in [1.54, 1.807) is 12.1 Å². The topological polar surface area (TPSA) is 70.2 Å². The Balaban J connectivity index is 1.58. The maximum Gasteiger partial charge on any atom is 0.251 e. The molecule has 136 valence electrons. The molecule has 0 aromatic heterocycles. The minimum Gasteiger partial charge on any atom is -0.349 e. The lowest BCUT2D eigenvalue weighted by atomic mass is 9.88. The first-order valence-electron chi connectivity index (χ1n) is 9.57. The third-order valence-electron chi connectivity index (χ3n) is 5.33. The smallest absolute Gasteiger partial charge is 0.251 e. The predicted octanol–water partition coefficient (Wildman–Crippen LogP) is 3.08. The summed E-state index contributed by atoms with van der Waals surface area (Å²) in [5.41, 5.74) is 1.31. The van der Waals surface area contributed by atoms with E-state index in [9.17, 15) is 9.59 Å². The number of piperidine rings is 1. The Morgan fingerprint density at radius 1 is 1.12 bits per heavy atom. The van der Waals surface area contributed by atoms with E-state index in [0.29, 0.717) is 17.3 Å². The van der Waals surface area contributed by atoms with E-state index in [2.05, 4.69) is 22.9 Å².